The number of esters is 1. The molecular formula is C60H109N2O7P. The van der Waals surface area contributed by atoms with Crippen molar-refractivity contribution in [2.24, 2.45) is 0 Å². The third-order valence-corrected chi connectivity index (χ3v) is 13.3. The number of phosphoric ester groups is 1. The van der Waals surface area contributed by atoms with Crippen molar-refractivity contribution in [3.05, 3.63) is 72.9 Å². The van der Waals surface area contributed by atoms with Crippen molar-refractivity contribution in [3.8, 4) is 0 Å². The van der Waals surface area contributed by atoms with Gasteiger partial charge in [0.05, 0.1) is 33.8 Å². The lowest BCUT2D eigenvalue weighted by Gasteiger charge is -2.30. The van der Waals surface area contributed by atoms with E-state index in [0.717, 1.165) is 103 Å². The smallest absolute Gasteiger partial charge is 0.306 e. The summed E-state index contributed by atoms with van der Waals surface area (Å²) in [6.07, 6.45) is 62.9. The van der Waals surface area contributed by atoms with Crippen molar-refractivity contribution in [1.82, 2.24) is 5.32 Å². The lowest BCUT2D eigenvalue weighted by atomic mass is 10.0. The number of unbranched alkanes of at least 4 members (excludes halogenated alkanes) is 25. The van der Waals surface area contributed by atoms with Crippen molar-refractivity contribution >= 4 is 19.7 Å². The fourth-order valence-corrected chi connectivity index (χ4v) is 8.64. The number of rotatable bonds is 51. The molecular weight excluding hydrogens is 892 g/mol. The number of quaternary nitrogens is 1. The number of carbonyl (C=O) groups is 2. The summed E-state index contributed by atoms with van der Waals surface area (Å²) in [5, 5.41) is 3.01. The Balaban J connectivity index is 5.31. The summed E-state index contributed by atoms with van der Waals surface area (Å²) in [5.41, 5.74) is 0. The zero-order valence-corrected chi connectivity index (χ0v) is 47.1. The van der Waals surface area contributed by atoms with E-state index in [4.69, 9.17) is 13.8 Å². The molecule has 70 heavy (non-hydrogen) atoms. The zero-order valence-electron chi connectivity index (χ0n) is 46.2. The Labute approximate surface area is 432 Å². The van der Waals surface area contributed by atoms with Crippen LogP contribution in [0.1, 0.15) is 245 Å². The highest BCUT2D eigenvalue weighted by Crippen LogP contribution is 2.38. The van der Waals surface area contributed by atoms with Crippen molar-refractivity contribution in [2.45, 2.75) is 258 Å². The predicted octanol–water partition coefficient (Wildman–Crippen LogP) is 16.6. The molecule has 0 aromatic rings. The Morgan fingerprint density at radius 2 is 0.914 bits per heavy atom. The number of carbonyl (C=O) groups excluding carboxylic acids is 2. The third kappa shape index (κ3) is 50.4. The van der Waals surface area contributed by atoms with Gasteiger partial charge in [-0.2, -0.15) is 0 Å². The van der Waals surface area contributed by atoms with E-state index in [9.17, 15) is 19.0 Å². The Bertz CT molecular complexity index is 1430. The van der Waals surface area contributed by atoms with E-state index < -0.39 is 26.6 Å². The highest BCUT2D eigenvalue weighted by Gasteiger charge is 2.27. The van der Waals surface area contributed by atoms with Gasteiger partial charge in [0.15, 0.2) is 0 Å². The first kappa shape index (κ1) is 67.5. The van der Waals surface area contributed by atoms with Gasteiger partial charge in [0, 0.05) is 12.8 Å². The average Bonchev–Trinajstić information content (AvgIpc) is 3.32. The summed E-state index contributed by atoms with van der Waals surface area (Å²) in [6, 6.07) is -0.901. The van der Waals surface area contributed by atoms with Crippen molar-refractivity contribution < 1.29 is 37.3 Å². The Kier molecular flexibility index (Phi) is 48.2. The summed E-state index contributed by atoms with van der Waals surface area (Å²) < 4.78 is 30.2. The van der Waals surface area contributed by atoms with Gasteiger partial charge in [0.2, 0.25) is 5.91 Å². The minimum Gasteiger partial charge on any atom is -0.756 e. The number of hydrogen-bond donors (Lipinski definition) is 1. The largest absolute Gasteiger partial charge is 0.756 e. The average molecular weight is 1000 g/mol. The SMILES string of the molecule is CC/C=C/C/C=C/C/C=C/CCCCCCC(=O)OC(/C=C\CCCCCCCCCCC)C(COP(=O)([O-])OCC[N+](C)(C)C)NC(=O)CCCCCCCCCCC/C=C\C/C=C\CCCCC. The maximum absolute atomic E-state index is 13.5. The first-order valence-corrected chi connectivity index (χ1v) is 30.2. The van der Waals surface area contributed by atoms with Gasteiger partial charge in [0.1, 0.15) is 19.3 Å². The maximum atomic E-state index is 13.5. The molecule has 1 amide bonds. The highest BCUT2D eigenvalue weighted by molar-refractivity contribution is 7.45. The van der Waals surface area contributed by atoms with Crippen molar-refractivity contribution in [1.29, 1.82) is 0 Å². The molecule has 0 aromatic carbocycles. The Hall–Kier alpha value is -2.55. The van der Waals surface area contributed by atoms with Crippen LogP contribution < -0.4 is 10.2 Å². The van der Waals surface area contributed by atoms with Crippen LogP contribution in [-0.2, 0) is 27.9 Å². The van der Waals surface area contributed by atoms with E-state index >= 15 is 0 Å². The molecule has 9 nitrogen and oxygen atoms in total. The molecule has 0 spiro atoms. The fourth-order valence-electron chi connectivity index (χ4n) is 7.92. The van der Waals surface area contributed by atoms with Gasteiger partial charge in [-0.1, -0.05) is 210 Å². The molecule has 3 atom stereocenters. The number of allylic oxidation sites excluding steroid dienone is 11. The molecule has 3 unspecified atom stereocenters. The van der Waals surface area contributed by atoms with E-state index in [-0.39, 0.29) is 24.9 Å². The Morgan fingerprint density at radius 3 is 1.40 bits per heavy atom. The molecule has 0 saturated carbocycles. The van der Waals surface area contributed by atoms with E-state index in [0.29, 0.717) is 23.9 Å². The van der Waals surface area contributed by atoms with Crippen LogP contribution >= 0.6 is 7.82 Å². The topological polar surface area (TPSA) is 114 Å². The number of amides is 1. The van der Waals surface area contributed by atoms with Gasteiger partial charge in [-0.3, -0.25) is 14.2 Å². The van der Waals surface area contributed by atoms with E-state index in [2.05, 4.69) is 86.8 Å². The molecule has 0 rings (SSSR count). The van der Waals surface area contributed by atoms with Gasteiger partial charge in [-0.05, 0) is 96.0 Å². The lowest BCUT2D eigenvalue weighted by molar-refractivity contribution is -0.870. The van der Waals surface area contributed by atoms with Crippen LogP contribution in [0.25, 0.3) is 0 Å². The quantitative estimate of drug-likeness (QED) is 0.0212. The molecule has 0 aliphatic carbocycles. The molecule has 0 aromatic heterocycles. The standard InChI is InChI=1S/C60H109N2O7P/c1-7-10-13-16-19-22-25-27-29-30-31-32-33-34-37-40-43-46-49-52-59(63)61-57(56-68-70(65,66)67-55-54-62(4,5)6)58(51-48-45-42-39-36-24-21-18-15-12-9-3)69-60(64)53-50-47-44-41-38-35-28-26-23-20-17-14-11-8-2/h11,14,19-20,22-23,27-29,35,48,51,57-58H,7-10,12-13,15-18,21,24-26,30-34,36-47,49-50,52-56H2,1-6H3,(H-,61,63,65,66)/b14-11+,22-19-,23-20+,29-27-,35-28+,51-48-. The lowest BCUT2D eigenvalue weighted by Crippen LogP contribution is -2.47. The molecule has 0 fully saturated rings. The van der Waals surface area contributed by atoms with E-state index in [1.165, 1.54) is 103 Å². The van der Waals surface area contributed by atoms with Gasteiger partial charge in [-0.15, -0.1) is 0 Å². The summed E-state index contributed by atoms with van der Waals surface area (Å²) in [4.78, 5) is 39.8. The van der Waals surface area contributed by atoms with Gasteiger partial charge < -0.3 is 28.5 Å². The van der Waals surface area contributed by atoms with Gasteiger partial charge in [-0.25, -0.2) is 0 Å². The van der Waals surface area contributed by atoms with Crippen LogP contribution in [0.4, 0.5) is 0 Å². The van der Waals surface area contributed by atoms with Gasteiger partial charge >= 0.3 is 5.97 Å². The molecule has 1 N–H and O–H groups in total. The van der Waals surface area contributed by atoms with Crippen LogP contribution in [0.5, 0.6) is 0 Å². The summed E-state index contributed by atoms with van der Waals surface area (Å²) >= 11 is 0. The maximum Gasteiger partial charge on any atom is 0.306 e. The predicted molar refractivity (Wildman–Crippen MR) is 298 cm³/mol. The second kappa shape index (κ2) is 50.0. The molecule has 0 bridgehead atoms. The number of nitrogens with one attached hydrogen (secondary N) is 1. The minimum absolute atomic E-state index is 0.0294. The van der Waals surface area contributed by atoms with Crippen LogP contribution in [0.3, 0.4) is 0 Å². The number of nitrogens with zero attached hydrogens (tertiary/aromatic N) is 1. The van der Waals surface area contributed by atoms with Crippen LogP contribution in [0.15, 0.2) is 72.9 Å². The number of ether oxygens (including phenoxy) is 1. The summed E-state index contributed by atoms with van der Waals surface area (Å²) in [6.45, 7) is 6.67. The summed E-state index contributed by atoms with van der Waals surface area (Å²) in [5.74, 6) is -0.574. The molecule has 0 heterocycles. The third-order valence-electron chi connectivity index (χ3n) is 12.4. The minimum atomic E-state index is -4.70. The zero-order chi connectivity index (χ0) is 51.5. The van der Waals surface area contributed by atoms with Crippen LogP contribution in [-0.4, -0.2) is 69.4 Å². The molecule has 0 aliphatic heterocycles. The monoisotopic (exact) mass is 1000 g/mol. The normalized spacial score (nSPS) is 14.3. The van der Waals surface area contributed by atoms with E-state index in [1.807, 2.05) is 33.3 Å². The van der Waals surface area contributed by atoms with Crippen molar-refractivity contribution in [3.63, 3.8) is 0 Å². The number of hydrogen-bond acceptors (Lipinski definition) is 7. The first-order chi connectivity index (χ1) is 33.9. The molecule has 0 aliphatic rings. The number of likely N-dealkylation sites (N-methyl/N-ethyl adjacent to an activating group) is 1. The summed E-state index contributed by atoms with van der Waals surface area (Å²) in [7, 11) is 1.16. The molecule has 10 heteroatoms. The molecule has 0 saturated heterocycles. The fraction of sp³-hybridized carbons (Fsp3) is 0.767. The van der Waals surface area contributed by atoms with Crippen LogP contribution in [0.2, 0.25) is 0 Å². The second-order valence-corrected chi connectivity index (χ2v) is 21.8. The first-order valence-electron chi connectivity index (χ1n) is 28.7. The van der Waals surface area contributed by atoms with Gasteiger partial charge in [0.25, 0.3) is 7.82 Å². The Morgan fingerprint density at radius 1 is 0.514 bits per heavy atom. The van der Waals surface area contributed by atoms with E-state index in [1.54, 1.807) is 0 Å². The molecule has 0 radical (unpaired) electrons. The molecule has 406 valence electrons. The van der Waals surface area contributed by atoms with Crippen molar-refractivity contribution in [2.75, 3.05) is 40.9 Å². The highest BCUT2D eigenvalue weighted by atomic mass is 31.2. The van der Waals surface area contributed by atoms with Crippen LogP contribution in [0, 0.1) is 0 Å². The number of phosphoric acid groups is 1. The second-order valence-electron chi connectivity index (χ2n) is 20.4.